The fourth-order valence-electron chi connectivity index (χ4n) is 1.59. The molecule has 80 valence electrons. The van der Waals surface area contributed by atoms with Gasteiger partial charge in [-0.3, -0.25) is 15.4 Å². The van der Waals surface area contributed by atoms with Gasteiger partial charge in [0.2, 0.25) is 0 Å². The van der Waals surface area contributed by atoms with Crippen LogP contribution >= 0.6 is 15.9 Å². The number of aromatic nitrogens is 1. The highest BCUT2D eigenvalue weighted by Gasteiger charge is 2.27. The zero-order valence-electron chi connectivity index (χ0n) is 8.38. The van der Waals surface area contributed by atoms with E-state index >= 15 is 0 Å². The minimum Gasteiger partial charge on any atom is -0.496 e. The van der Waals surface area contributed by atoms with Gasteiger partial charge in [-0.15, -0.1) is 0 Å². The first-order valence-corrected chi connectivity index (χ1v) is 5.52. The van der Waals surface area contributed by atoms with Gasteiger partial charge in [0.15, 0.2) is 4.74 Å². The number of hydrogen-bond donors (Lipinski definition) is 2. The van der Waals surface area contributed by atoms with Gasteiger partial charge in [0.1, 0.15) is 11.2 Å². The van der Waals surface area contributed by atoms with Gasteiger partial charge in [-0.2, -0.15) is 0 Å². The number of ether oxygens (including phenoxy) is 1. The normalized spacial score (nSPS) is 15.1. The van der Waals surface area contributed by atoms with Crippen molar-refractivity contribution < 1.29 is 4.74 Å². The lowest BCUT2D eigenvalue weighted by atomic mass is 10.1. The molecule has 5 heteroatoms. The Morgan fingerprint density at radius 2 is 2.27 bits per heavy atom. The highest BCUT2D eigenvalue weighted by molar-refractivity contribution is 9.18. The van der Waals surface area contributed by atoms with Crippen molar-refractivity contribution in [2.75, 3.05) is 7.11 Å². The van der Waals surface area contributed by atoms with Crippen LogP contribution in [0.25, 0.3) is 0 Å². The van der Waals surface area contributed by atoms with Gasteiger partial charge in [0.25, 0.3) is 0 Å². The molecule has 0 aromatic carbocycles. The summed E-state index contributed by atoms with van der Waals surface area (Å²) in [5, 5.41) is 15.2. The Labute approximate surface area is 96.0 Å². The number of halogens is 1. The van der Waals surface area contributed by atoms with Crippen molar-refractivity contribution in [2.45, 2.75) is 18.8 Å². The van der Waals surface area contributed by atoms with Gasteiger partial charge in [-0.1, -0.05) is 0 Å². The quantitative estimate of drug-likeness (QED) is 0.627. The molecule has 1 aromatic rings. The van der Waals surface area contributed by atoms with Crippen LogP contribution in [0.5, 0.6) is 5.75 Å². The SMILES string of the molecule is COc1cc(=N)n(C(=N)Br)cc1C1CC1. The van der Waals surface area contributed by atoms with Gasteiger partial charge >= 0.3 is 0 Å². The third-order valence-electron chi connectivity index (χ3n) is 2.53. The Balaban J connectivity index is 2.56. The first kappa shape index (κ1) is 10.4. The largest absolute Gasteiger partial charge is 0.496 e. The predicted molar refractivity (Wildman–Crippen MR) is 60.9 cm³/mol. The van der Waals surface area contributed by atoms with Crippen molar-refractivity contribution in [1.82, 2.24) is 4.57 Å². The zero-order valence-corrected chi connectivity index (χ0v) is 9.97. The third-order valence-corrected chi connectivity index (χ3v) is 2.91. The molecular formula is C10H12BrN3O. The van der Waals surface area contributed by atoms with E-state index in [1.54, 1.807) is 13.2 Å². The molecule has 2 rings (SSSR count). The lowest BCUT2D eigenvalue weighted by Crippen LogP contribution is -2.23. The van der Waals surface area contributed by atoms with Crippen molar-refractivity contribution in [2.24, 2.45) is 0 Å². The van der Waals surface area contributed by atoms with Crippen LogP contribution < -0.4 is 10.2 Å². The predicted octanol–water partition coefficient (Wildman–Crippen LogP) is 2.03. The number of nitrogens with one attached hydrogen (secondary N) is 2. The molecule has 0 unspecified atom stereocenters. The average Bonchev–Trinajstić information content (AvgIpc) is 3.00. The van der Waals surface area contributed by atoms with E-state index in [0.29, 0.717) is 5.92 Å². The Morgan fingerprint density at radius 1 is 1.60 bits per heavy atom. The molecule has 1 heterocycles. The molecule has 1 saturated carbocycles. The van der Waals surface area contributed by atoms with E-state index in [-0.39, 0.29) is 10.2 Å². The highest BCUT2D eigenvalue weighted by atomic mass is 79.9. The van der Waals surface area contributed by atoms with Crippen LogP contribution in [0.1, 0.15) is 24.3 Å². The summed E-state index contributed by atoms with van der Waals surface area (Å²) in [4.78, 5) is 0. The minimum absolute atomic E-state index is 0.178. The Morgan fingerprint density at radius 3 is 2.73 bits per heavy atom. The number of hydrogen-bond acceptors (Lipinski definition) is 3. The van der Waals surface area contributed by atoms with Crippen molar-refractivity contribution in [3.05, 3.63) is 23.3 Å². The van der Waals surface area contributed by atoms with Gasteiger partial charge in [-0.25, -0.2) is 0 Å². The average molecular weight is 270 g/mol. The summed E-state index contributed by atoms with van der Waals surface area (Å²) < 4.78 is 6.92. The van der Waals surface area contributed by atoms with E-state index in [1.807, 2.05) is 6.20 Å². The Bertz CT molecular complexity index is 462. The molecule has 0 spiro atoms. The number of methoxy groups -OCH3 is 1. The van der Waals surface area contributed by atoms with Gasteiger partial charge in [0.05, 0.1) is 7.11 Å². The lowest BCUT2D eigenvalue weighted by Gasteiger charge is -2.11. The zero-order chi connectivity index (χ0) is 11.0. The van der Waals surface area contributed by atoms with Crippen molar-refractivity contribution in [3.63, 3.8) is 0 Å². The summed E-state index contributed by atoms with van der Waals surface area (Å²) in [5.74, 6) is 1.30. The maximum atomic E-state index is 7.72. The van der Waals surface area contributed by atoms with E-state index in [1.165, 1.54) is 17.4 Å². The molecular weight excluding hydrogens is 258 g/mol. The summed E-state index contributed by atoms with van der Waals surface area (Å²) in [6, 6.07) is 1.66. The molecule has 4 nitrogen and oxygen atoms in total. The van der Waals surface area contributed by atoms with Gasteiger partial charge in [-0.05, 0) is 34.7 Å². The van der Waals surface area contributed by atoms with Crippen LogP contribution in [-0.2, 0) is 0 Å². The van der Waals surface area contributed by atoms with Crippen LogP contribution in [0.15, 0.2) is 12.3 Å². The molecule has 0 bridgehead atoms. The first-order valence-electron chi connectivity index (χ1n) is 4.73. The van der Waals surface area contributed by atoms with E-state index in [4.69, 9.17) is 15.6 Å². The molecule has 15 heavy (non-hydrogen) atoms. The van der Waals surface area contributed by atoms with Crippen LogP contribution in [0, 0.1) is 10.8 Å². The smallest absolute Gasteiger partial charge is 0.175 e. The fraction of sp³-hybridized carbons (Fsp3) is 0.400. The van der Waals surface area contributed by atoms with Crippen LogP contribution in [0.2, 0.25) is 0 Å². The van der Waals surface area contributed by atoms with Crippen molar-refractivity contribution in [3.8, 4) is 5.75 Å². The highest BCUT2D eigenvalue weighted by Crippen LogP contribution is 2.43. The molecule has 1 fully saturated rings. The monoisotopic (exact) mass is 269 g/mol. The van der Waals surface area contributed by atoms with Crippen LogP contribution in [-0.4, -0.2) is 16.4 Å². The van der Waals surface area contributed by atoms with E-state index < -0.39 is 0 Å². The van der Waals surface area contributed by atoms with Crippen molar-refractivity contribution in [1.29, 1.82) is 10.8 Å². The summed E-state index contributed by atoms with van der Waals surface area (Å²) in [6.45, 7) is 0. The van der Waals surface area contributed by atoms with E-state index in [2.05, 4.69) is 15.9 Å². The number of nitrogens with zero attached hydrogens (tertiary/aromatic N) is 1. The second-order valence-corrected chi connectivity index (χ2v) is 4.37. The Hall–Kier alpha value is -1.10. The molecule has 2 N–H and O–H groups in total. The topological polar surface area (TPSA) is 61.9 Å². The molecule has 1 aliphatic rings. The molecule has 0 aliphatic heterocycles. The summed E-state index contributed by atoms with van der Waals surface area (Å²) >= 11 is 3.07. The van der Waals surface area contributed by atoms with Crippen molar-refractivity contribution >= 4 is 20.7 Å². The Kier molecular flexibility index (Phi) is 2.65. The maximum Gasteiger partial charge on any atom is 0.175 e. The molecule has 0 saturated heterocycles. The summed E-state index contributed by atoms with van der Waals surface area (Å²) in [6.07, 6.45) is 4.16. The number of rotatable bonds is 2. The van der Waals surface area contributed by atoms with Gasteiger partial charge in [0, 0.05) is 17.8 Å². The lowest BCUT2D eigenvalue weighted by molar-refractivity contribution is 0.407. The second-order valence-electron chi connectivity index (χ2n) is 3.62. The summed E-state index contributed by atoms with van der Waals surface area (Å²) in [5.41, 5.74) is 1.34. The molecule has 0 radical (unpaired) electrons. The summed E-state index contributed by atoms with van der Waals surface area (Å²) in [7, 11) is 1.62. The fourth-order valence-corrected chi connectivity index (χ4v) is 1.88. The first-order chi connectivity index (χ1) is 7.13. The number of pyridine rings is 1. The second kappa shape index (κ2) is 3.81. The molecule has 0 atom stereocenters. The molecule has 1 aromatic heterocycles. The minimum atomic E-state index is 0.178. The van der Waals surface area contributed by atoms with Gasteiger partial charge < -0.3 is 4.74 Å². The van der Waals surface area contributed by atoms with E-state index in [0.717, 1.165) is 11.3 Å². The molecule has 1 aliphatic carbocycles. The van der Waals surface area contributed by atoms with E-state index in [9.17, 15) is 0 Å². The van der Waals surface area contributed by atoms with Crippen LogP contribution in [0.3, 0.4) is 0 Å². The third kappa shape index (κ3) is 1.97. The van der Waals surface area contributed by atoms with Crippen LogP contribution in [0.4, 0.5) is 0 Å². The standard InChI is InChI=1S/C10H12BrN3O/c1-15-8-4-9(12)14(10(11)13)5-7(8)6-2-3-6/h4-6,12-13H,2-3H2,1H3. The molecule has 0 amide bonds. The maximum absolute atomic E-state index is 7.72.